The van der Waals surface area contributed by atoms with E-state index in [1.54, 1.807) is 42.5 Å². The van der Waals surface area contributed by atoms with Gasteiger partial charge >= 0.3 is 0 Å². The van der Waals surface area contributed by atoms with E-state index in [1.165, 1.54) is 10.6 Å². The molecule has 2 heterocycles. The molecular weight excluding hydrogens is 468 g/mol. The Labute approximate surface area is 203 Å². The van der Waals surface area contributed by atoms with Gasteiger partial charge in [-0.15, -0.1) is 4.40 Å². The number of rotatable bonds is 9. The molecule has 1 amide bonds. The molecule has 0 saturated heterocycles. The Morgan fingerprint density at radius 3 is 2.57 bits per heavy atom. The largest absolute Gasteiger partial charge is 0.506 e. The molecule has 184 valence electrons. The predicted octanol–water partition coefficient (Wildman–Crippen LogP) is 3.62. The highest BCUT2D eigenvalue weighted by molar-refractivity contribution is 7.90. The van der Waals surface area contributed by atoms with Gasteiger partial charge < -0.3 is 20.3 Å². The minimum absolute atomic E-state index is 0.00794. The zero-order chi connectivity index (χ0) is 25.0. The quantitative estimate of drug-likeness (QED) is 0.388. The Kier molecular flexibility index (Phi) is 7.20. The van der Waals surface area contributed by atoms with Crippen LogP contribution in [0.2, 0.25) is 0 Å². The van der Waals surface area contributed by atoms with Gasteiger partial charge in [0.1, 0.15) is 22.0 Å². The van der Waals surface area contributed by atoms with Crippen molar-refractivity contribution in [3.63, 3.8) is 0 Å². The molecular formula is C25H28N4O5S. The first-order chi connectivity index (χ1) is 16.8. The summed E-state index contributed by atoms with van der Waals surface area (Å²) < 4.78 is 30.1. The maximum absolute atomic E-state index is 13.3. The molecule has 0 fully saturated rings. The number of unbranched alkanes of at least 4 members (excludes halogenated alkanes) is 4. The van der Waals surface area contributed by atoms with Crippen LogP contribution in [0.3, 0.4) is 0 Å². The number of carbonyl (C=O) groups excluding carboxylic acids is 1. The van der Waals surface area contributed by atoms with E-state index in [9.17, 15) is 23.1 Å². The number of nitrogens with zero attached hydrogens (tertiary/aromatic N) is 2. The number of nitrogens with one attached hydrogen (secondary N) is 2. The molecule has 3 aromatic rings. The average molecular weight is 497 g/mol. The number of carbonyl (C=O) groups is 1. The van der Waals surface area contributed by atoms with Gasteiger partial charge in [-0.3, -0.25) is 9.59 Å². The van der Waals surface area contributed by atoms with E-state index in [0.29, 0.717) is 23.1 Å². The Morgan fingerprint density at radius 2 is 1.77 bits per heavy atom. The lowest BCUT2D eigenvalue weighted by Gasteiger charge is -2.19. The van der Waals surface area contributed by atoms with E-state index >= 15 is 0 Å². The van der Waals surface area contributed by atoms with Crippen molar-refractivity contribution >= 4 is 38.4 Å². The third-order valence-electron chi connectivity index (χ3n) is 5.95. The molecule has 0 spiro atoms. The van der Waals surface area contributed by atoms with Crippen molar-refractivity contribution in [1.82, 2.24) is 9.88 Å². The molecule has 35 heavy (non-hydrogen) atoms. The molecule has 9 nitrogen and oxygen atoms in total. The number of aromatic nitrogens is 1. The summed E-state index contributed by atoms with van der Waals surface area (Å²) in [4.78, 5) is 26.4. The van der Waals surface area contributed by atoms with E-state index in [4.69, 9.17) is 0 Å². The zero-order valence-electron chi connectivity index (χ0n) is 19.5. The molecule has 1 aromatic heterocycles. The normalized spacial score (nSPS) is 14.1. The van der Waals surface area contributed by atoms with Gasteiger partial charge in [-0.1, -0.05) is 56.9 Å². The monoisotopic (exact) mass is 496 g/mol. The summed E-state index contributed by atoms with van der Waals surface area (Å²) >= 11 is 0. The van der Waals surface area contributed by atoms with Crippen LogP contribution in [0.4, 0.5) is 5.69 Å². The van der Waals surface area contributed by atoms with Gasteiger partial charge in [0.15, 0.2) is 0 Å². The van der Waals surface area contributed by atoms with Crippen molar-refractivity contribution in [1.29, 1.82) is 0 Å². The number of anilines is 1. The second-order valence-electron chi connectivity index (χ2n) is 8.43. The van der Waals surface area contributed by atoms with Crippen molar-refractivity contribution in [2.45, 2.75) is 50.5 Å². The summed E-state index contributed by atoms with van der Waals surface area (Å²) in [6.45, 7) is 2.29. The number of hydrogen-bond acceptors (Lipinski definition) is 6. The highest BCUT2D eigenvalue weighted by Gasteiger charge is 2.26. The maximum atomic E-state index is 13.3. The third kappa shape index (κ3) is 5.07. The number of fused-ring (bicyclic) bond motifs is 2. The molecule has 4 rings (SSSR count). The van der Waals surface area contributed by atoms with Gasteiger partial charge in [0.05, 0.1) is 17.7 Å². The molecule has 0 aliphatic carbocycles. The number of benzene rings is 2. The number of sulfonamides is 1. The molecule has 0 radical (unpaired) electrons. The lowest BCUT2D eigenvalue weighted by atomic mass is 10.1. The predicted molar refractivity (Wildman–Crippen MR) is 136 cm³/mol. The number of aromatic hydroxyl groups is 1. The Morgan fingerprint density at radius 1 is 1.06 bits per heavy atom. The van der Waals surface area contributed by atoms with E-state index in [2.05, 4.69) is 22.0 Å². The van der Waals surface area contributed by atoms with Gasteiger partial charge in [-0.25, -0.2) is 0 Å². The highest BCUT2D eigenvalue weighted by Crippen LogP contribution is 2.28. The first kappa shape index (κ1) is 24.5. The summed E-state index contributed by atoms with van der Waals surface area (Å²) in [7, 11) is -3.91. The number of pyridine rings is 1. The van der Waals surface area contributed by atoms with Gasteiger partial charge in [-0.2, -0.15) is 8.42 Å². The molecule has 10 heteroatoms. The van der Waals surface area contributed by atoms with Crippen LogP contribution in [0.15, 0.2) is 62.6 Å². The van der Waals surface area contributed by atoms with Crippen molar-refractivity contribution in [3.05, 3.63) is 64.4 Å². The van der Waals surface area contributed by atoms with Crippen LogP contribution in [0.25, 0.3) is 10.9 Å². The minimum atomic E-state index is -3.91. The molecule has 2 aromatic carbocycles. The summed E-state index contributed by atoms with van der Waals surface area (Å²) in [6.07, 6.45) is 5.03. The van der Waals surface area contributed by atoms with Gasteiger partial charge in [-0.05, 0) is 30.7 Å². The lowest BCUT2D eigenvalue weighted by molar-refractivity contribution is 0.0954. The van der Waals surface area contributed by atoms with Crippen LogP contribution in [0.5, 0.6) is 5.75 Å². The average Bonchev–Trinajstić information content (AvgIpc) is 2.84. The first-order valence-corrected chi connectivity index (χ1v) is 13.1. The topological polar surface area (TPSA) is 130 Å². The standard InChI is InChI=1S/C25H28N4O5S/c1-2-3-4-5-10-15-29-19-13-8-6-11-17(19)23(30)22(25(29)32)24(31)26-16-21-27-18-12-7-9-14-20(18)35(33,34)28-21/h6-9,11-14,30H,2-5,10,15-16H2,1H3,(H,26,31)(H,27,28). The van der Waals surface area contributed by atoms with E-state index in [-0.39, 0.29) is 22.8 Å². The number of para-hydroxylation sites is 2. The van der Waals surface area contributed by atoms with Crippen LogP contribution in [-0.2, 0) is 16.6 Å². The first-order valence-electron chi connectivity index (χ1n) is 11.7. The Bertz CT molecular complexity index is 1460. The second-order valence-corrected chi connectivity index (χ2v) is 10.0. The van der Waals surface area contributed by atoms with Crippen molar-refractivity contribution in [3.8, 4) is 5.75 Å². The number of amidine groups is 1. The van der Waals surface area contributed by atoms with E-state index < -0.39 is 27.2 Å². The summed E-state index contributed by atoms with van der Waals surface area (Å²) in [5.74, 6) is -1.20. The third-order valence-corrected chi connectivity index (χ3v) is 7.32. The van der Waals surface area contributed by atoms with Gasteiger partial charge in [0.2, 0.25) is 0 Å². The second kappa shape index (κ2) is 10.3. The van der Waals surface area contributed by atoms with E-state index in [1.807, 2.05) is 0 Å². The Balaban J connectivity index is 1.59. The van der Waals surface area contributed by atoms with Crippen molar-refractivity contribution in [2.75, 3.05) is 11.9 Å². The smallest absolute Gasteiger partial charge is 0.286 e. The summed E-state index contributed by atoms with van der Waals surface area (Å²) in [6, 6.07) is 13.2. The molecule has 0 saturated carbocycles. The van der Waals surface area contributed by atoms with Crippen molar-refractivity contribution < 1.29 is 18.3 Å². The fourth-order valence-corrected chi connectivity index (χ4v) is 5.33. The summed E-state index contributed by atoms with van der Waals surface area (Å²) in [5.41, 5.74) is -0.0589. The van der Waals surface area contributed by atoms with Crippen LogP contribution in [0, 0.1) is 0 Å². The van der Waals surface area contributed by atoms with Crippen LogP contribution < -0.4 is 16.2 Å². The van der Waals surface area contributed by atoms with Gasteiger partial charge in [0.25, 0.3) is 21.5 Å². The lowest BCUT2D eigenvalue weighted by Crippen LogP contribution is -2.38. The molecule has 0 atom stereocenters. The molecule has 3 N–H and O–H groups in total. The minimum Gasteiger partial charge on any atom is -0.506 e. The molecule has 1 aliphatic heterocycles. The SMILES string of the molecule is CCCCCCCn1c(=O)c(C(=O)NCC2=NS(=O)(=O)c3ccccc3N2)c(O)c2ccccc21. The van der Waals surface area contributed by atoms with Crippen LogP contribution in [-0.4, -0.2) is 36.4 Å². The molecule has 0 unspecified atom stereocenters. The van der Waals surface area contributed by atoms with Gasteiger partial charge in [0, 0.05) is 11.9 Å². The zero-order valence-corrected chi connectivity index (χ0v) is 20.3. The van der Waals surface area contributed by atoms with Crippen LogP contribution >= 0.6 is 0 Å². The number of hydrogen-bond donors (Lipinski definition) is 3. The van der Waals surface area contributed by atoms with Crippen LogP contribution in [0.1, 0.15) is 49.4 Å². The Hall–Kier alpha value is -3.66. The highest BCUT2D eigenvalue weighted by atomic mass is 32.2. The fraction of sp³-hybridized carbons (Fsp3) is 0.320. The fourth-order valence-electron chi connectivity index (χ4n) is 4.19. The summed E-state index contributed by atoms with van der Waals surface area (Å²) in [5, 5.41) is 16.6. The maximum Gasteiger partial charge on any atom is 0.286 e. The van der Waals surface area contributed by atoms with Crippen molar-refractivity contribution in [2.24, 2.45) is 4.40 Å². The number of amides is 1. The molecule has 1 aliphatic rings. The van der Waals surface area contributed by atoms with E-state index in [0.717, 1.165) is 32.1 Å². The molecule has 0 bridgehead atoms. The number of aryl methyl sites for hydroxylation is 1.